The molecule has 0 aliphatic carbocycles. The monoisotopic (exact) mass is 483 g/mol. The van der Waals surface area contributed by atoms with Crippen LogP contribution in [-0.2, 0) is 16.0 Å². The zero-order valence-corrected chi connectivity index (χ0v) is 19.4. The first kappa shape index (κ1) is 22.5. The number of hydrogen-bond donors (Lipinski definition) is 1. The van der Waals surface area contributed by atoms with Crippen LogP contribution in [0.4, 0.5) is 9.93 Å². The molecule has 0 bridgehead atoms. The Hall–Kier alpha value is -4.30. The van der Waals surface area contributed by atoms with Crippen LogP contribution in [0.25, 0.3) is 11.3 Å². The smallest absolute Gasteiger partial charge is 0.417 e. The average Bonchev–Trinajstić information content (AvgIpc) is 3.52. The fourth-order valence-electron chi connectivity index (χ4n) is 3.89. The zero-order chi connectivity index (χ0) is 24.2. The summed E-state index contributed by atoms with van der Waals surface area (Å²) >= 11 is 1.35. The highest BCUT2D eigenvalue weighted by Gasteiger charge is 2.38. The third kappa shape index (κ3) is 4.97. The molecular formula is C27H21N3O4S. The number of anilines is 1. The number of nitrogens with zero attached hydrogens (tertiary/aromatic N) is 2. The van der Waals surface area contributed by atoms with Gasteiger partial charge in [-0.15, -0.1) is 11.3 Å². The van der Waals surface area contributed by atoms with Gasteiger partial charge in [0.1, 0.15) is 12.6 Å². The predicted molar refractivity (Wildman–Crippen MR) is 133 cm³/mol. The van der Waals surface area contributed by atoms with Crippen molar-refractivity contribution in [1.29, 1.82) is 0 Å². The average molecular weight is 484 g/mol. The van der Waals surface area contributed by atoms with Gasteiger partial charge < -0.3 is 4.74 Å². The quantitative estimate of drug-likeness (QED) is 0.401. The summed E-state index contributed by atoms with van der Waals surface area (Å²) in [5.41, 5.74) is 3.76. The lowest BCUT2D eigenvalue weighted by Crippen LogP contribution is -2.35. The largest absolute Gasteiger partial charge is 0.446 e. The number of hydrogen-bond acceptors (Lipinski definition) is 6. The maximum Gasteiger partial charge on any atom is 0.417 e. The van der Waals surface area contributed by atoms with E-state index >= 15 is 0 Å². The number of benzene rings is 3. The highest BCUT2D eigenvalue weighted by molar-refractivity contribution is 7.14. The molecule has 0 radical (unpaired) electrons. The van der Waals surface area contributed by atoms with Crippen molar-refractivity contribution in [2.75, 3.05) is 11.9 Å². The van der Waals surface area contributed by atoms with E-state index in [0.29, 0.717) is 16.3 Å². The lowest BCUT2D eigenvalue weighted by molar-refractivity contribution is -0.128. The molecule has 0 spiro atoms. The molecule has 2 heterocycles. The lowest BCUT2D eigenvalue weighted by atomic mass is 10.0. The van der Waals surface area contributed by atoms with Crippen LogP contribution < -0.4 is 5.32 Å². The summed E-state index contributed by atoms with van der Waals surface area (Å²) in [6.45, 7) is 0.135. The van der Waals surface area contributed by atoms with Crippen molar-refractivity contribution in [3.8, 4) is 11.3 Å². The number of imide groups is 1. The molecule has 0 saturated carbocycles. The van der Waals surface area contributed by atoms with Gasteiger partial charge in [-0.1, -0.05) is 72.8 Å². The first-order valence-corrected chi connectivity index (χ1v) is 11.9. The normalized spacial score (nSPS) is 15.0. The van der Waals surface area contributed by atoms with Crippen molar-refractivity contribution in [1.82, 2.24) is 9.88 Å². The molecule has 1 aliphatic heterocycles. The van der Waals surface area contributed by atoms with E-state index in [1.54, 1.807) is 24.3 Å². The Bertz CT molecular complexity index is 1350. The highest BCUT2D eigenvalue weighted by Crippen LogP contribution is 2.28. The van der Waals surface area contributed by atoms with E-state index in [2.05, 4.69) is 10.3 Å². The van der Waals surface area contributed by atoms with Crippen LogP contribution in [-0.4, -0.2) is 34.4 Å². The predicted octanol–water partition coefficient (Wildman–Crippen LogP) is 5.33. The minimum absolute atomic E-state index is 0.0211. The van der Waals surface area contributed by atoms with Gasteiger partial charge in [-0.05, 0) is 23.3 Å². The van der Waals surface area contributed by atoms with Crippen molar-refractivity contribution in [3.63, 3.8) is 0 Å². The molecule has 1 atom stereocenters. The molecule has 1 aromatic heterocycles. The SMILES string of the molecule is O=C(Nc1nc(-c2ccccc2)cs1)c1ccc(CC(=O)N2C(=O)OCC2c2ccccc2)cc1. The van der Waals surface area contributed by atoms with E-state index in [1.165, 1.54) is 16.2 Å². The van der Waals surface area contributed by atoms with Gasteiger partial charge in [0.2, 0.25) is 5.91 Å². The molecule has 3 amide bonds. The Morgan fingerprint density at radius 1 is 0.971 bits per heavy atom. The molecule has 8 heteroatoms. The molecule has 174 valence electrons. The van der Waals surface area contributed by atoms with E-state index in [9.17, 15) is 14.4 Å². The van der Waals surface area contributed by atoms with Gasteiger partial charge in [0.05, 0.1) is 12.1 Å². The van der Waals surface area contributed by atoms with Crippen LogP contribution >= 0.6 is 11.3 Å². The minimum Gasteiger partial charge on any atom is -0.446 e. The van der Waals surface area contributed by atoms with Crippen molar-refractivity contribution in [2.24, 2.45) is 0 Å². The lowest BCUT2D eigenvalue weighted by Gasteiger charge is -2.20. The fourth-order valence-corrected chi connectivity index (χ4v) is 4.61. The summed E-state index contributed by atoms with van der Waals surface area (Å²) < 4.78 is 5.14. The van der Waals surface area contributed by atoms with Crippen LogP contribution in [0.5, 0.6) is 0 Å². The summed E-state index contributed by atoms with van der Waals surface area (Å²) in [6, 6.07) is 25.4. The third-order valence-electron chi connectivity index (χ3n) is 5.69. The molecule has 7 nitrogen and oxygen atoms in total. The number of carbonyl (C=O) groups excluding carboxylic acids is 3. The number of ether oxygens (including phenoxy) is 1. The minimum atomic E-state index is -0.641. The van der Waals surface area contributed by atoms with Gasteiger partial charge in [0, 0.05) is 16.5 Å². The van der Waals surface area contributed by atoms with Gasteiger partial charge in [-0.3, -0.25) is 14.9 Å². The van der Waals surface area contributed by atoms with E-state index < -0.39 is 12.1 Å². The maximum atomic E-state index is 12.9. The Morgan fingerprint density at radius 3 is 2.37 bits per heavy atom. The molecule has 35 heavy (non-hydrogen) atoms. The van der Waals surface area contributed by atoms with Gasteiger partial charge in [-0.25, -0.2) is 14.7 Å². The summed E-state index contributed by atoms with van der Waals surface area (Å²) in [7, 11) is 0. The Labute approximate surface area is 206 Å². The Kier molecular flexibility index (Phi) is 6.36. The molecule has 1 unspecified atom stereocenters. The number of cyclic esters (lactones) is 1. The molecule has 3 aromatic carbocycles. The van der Waals surface area contributed by atoms with E-state index in [1.807, 2.05) is 66.0 Å². The van der Waals surface area contributed by atoms with Crippen molar-refractivity contribution in [3.05, 3.63) is 107 Å². The summed E-state index contributed by atoms with van der Waals surface area (Å²) in [6.07, 6.45) is -0.620. The molecule has 1 fully saturated rings. The van der Waals surface area contributed by atoms with Gasteiger partial charge >= 0.3 is 6.09 Å². The van der Waals surface area contributed by atoms with Crippen LogP contribution in [0.1, 0.15) is 27.5 Å². The number of nitrogens with one attached hydrogen (secondary N) is 1. The van der Waals surface area contributed by atoms with E-state index in [4.69, 9.17) is 4.74 Å². The van der Waals surface area contributed by atoms with E-state index in [-0.39, 0.29) is 24.8 Å². The second-order valence-electron chi connectivity index (χ2n) is 8.00. The number of carbonyl (C=O) groups is 3. The number of amides is 3. The van der Waals surface area contributed by atoms with Crippen molar-refractivity contribution < 1.29 is 19.1 Å². The molecule has 1 aliphatic rings. The van der Waals surface area contributed by atoms with Crippen molar-refractivity contribution >= 4 is 34.4 Å². The topological polar surface area (TPSA) is 88.6 Å². The molecule has 1 saturated heterocycles. The fraction of sp³-hybridized carbons (Fsp3) is 0.111. The summed E-state index contributed by atoms with van der Waals surface area (Å²) in [5.74, 6) is -0.640. The van der Waals surface area contributed by atoms with Crippen LogP contribution in [0.3, 0.4) is 0 Å². The first-order valence-electron chi connectivity index (χ1n) is 11.0. The van der Waals surface area contributed by atoms with E-state index in [0.717, 1.165) is 16.8 Å². The molecular weight excluding hydrogens is 462 g/mol. The molecule has 1 N–H and O–H groups in total. The van der Waals surface area contributed by atoms with Crippen LogP contribution in [0, 0.1) is 0 Å². The zero-order valence-electron chi connectivity index (χ0n) is 18.6. The van der Waals surface area contributed by atoms with Crippen molar-refractivity contribution in [2.45, 2.75) is 12.5 Å². The summed E-state index contributed by atoms with van der Waals surface area (Å²) in [5, 5.41) is 5.22. The molecule has 5 rings (SSSR count). The number of aromatic nitrogens is 1. The second-order valence-corrected chi connectivity index (χ2v) is 8.86. The van der Waals surface area contributed by atoms with Gasteiger partial charge in [-0.2, -0.15) is 0 Å². The first-order chi connectivity index (χ1) is 17.1. The molecule has 4 aromatic rings. The maximum absolute atomic E-state index is 12.9. The number of rotatable bonds is 6. The Balaban J connectivity index is 1.23. The van der Waals surface area contributed by atoms with Crippen LogP contribution in [0.2, 0.25) is 0 Å². The van der Waals surface area contributed by atoms with Gasteiger partial charge in [0.25, 0.3) is 5.91 Å². The van der Waals surface area contributed by atoms with Crippen LogP contribution in [0.15, 0.2) is 90.3 Å². The summed E-state index contributed by atoms with van der Waals surface area (Å²) in [4.78, 5) is 43.5. The third-order valence-corrected chi connectivity index (χ3v) is 6.45. The Morgan fingerprint density at radius 2 is 1.66 bits per heavy atom. The standard InChI is InChI=1S/C27H21N3O4S/c31-24(30-23(16-34-27(30)33)20-9-5-2-6-10-20)15-18-11-13-21(14-12-18)25(32)29-26-28-22(17-35-26)19-7-3-1-4-8-19/h1-14,17,23H,15-16H2,(H,28,29,32). The number of thiazole rings is 1. The second kappa shape index (κ2) is 9.90. The van der Waals surface area contributed by atoms with Gasteiger partial charge in [0.15, 0.2) is 5.13 Å². The highest BCUT2D eigenvalue weighted by atomic mass is 32.1.